The molecule has 1 N–H and O–H groups in total. The number of rotatable bonds is 4. The van der Waals surface area contributed by atoms with Crippen LogP contribution < -0.4 is 4.74 Å². The Labute approximate surface area is 148 Å². The SMILES string of the molecule is CCOc1cc(C=C(C#N)c2cccc(C#N)c2)cc(I)c1O. The van der Waals surface area contributed by atoms with E-state index in [9.17, 15) is 10.4 Å². The molecule has 0 aliphatic carbocycles. The van der Waals surface area contributed by atoms with Gasteiger partial charge >= 0.3 is 0 Å². The molecule has 0 aromatic heterocycles. The molecule has 5 heteroatoms. The maximum atomic E-state index is 9.98. The van der Waals surface area contributed by atoms with Crippen LogP contribution >= 0.6 is 22.6 Å². The number of allylic oxidation sites excluding steroid dienone is 1. The summed E-state index contributed by atoms with van der Waals surface area (Å²) in [6, 6.07) is 14.6. The molecule has 0 aliphatic heterocycles. The Morgan fingerprint density at radius 2 is 2.09 bits per heavy atom. The van der Waals surface area contributed by atoms with Crippen molar-refractivity contribution in [2.45, 2.75) is 6.92 Å². The number of hydrogen-bond donors (Lipinski definition) is 1. The molecule has 0 amide bonds. The number of benzene rings is 2. The van der Waals surface area contributed by atoms with Crippen molar-refractivity contribution in [1.82, 2.24) is 0 Å². The van der Waals surface area contributed by atoms with E-state index in [0.717, 1.165) is 5.56 Å². The van der Waals surface area contributed by atoms with E-state index >= 15 is 0 Å². The second kappa shape index (κ2) is 7.66. The highest BCUT2D eigenvalue weighted by molar-refractivity contribution is 14.1. The second-order valence-electron chi connectivity index (χ2n) is 4.64. The average Bonchev–Trinajstić information content (AvgIpc) is 2.57. The van der Waals surface area contributed by atoms with Crippen molar-refractivity contribution >= 4 is 34.2 Å². The second-order valence-corrected chi connectivity index (χ2v) is 5.81. The Bertz CT molecular complexity index is 845. The summed E-state index contributed by atoms with van der Waals surface area (Å²) in [4.78, 5) is 0. The molecule has 0 aliphatic rings. The average molecular weight is 416 g/mol. The van der Waals surface area contributed by atoms with E-state index in [1.807, 2.05) is 29.5 Å². The van der Waals surface area contributed by atoms with E-state index in [-0.39, 0.29) is 5.75 Å². The molecule has 0 bridgehead atoms. The van der Waals surface area contributed by atoms with Crippen LogP contribution in [0.25, 0.3) is 11.6 Å². The van der Waals surface area contributed by atoms with Crippen molar-refractivity contribution in [1.29, 1.82) is 10.5 Å². The zero-order chi connectivity index (χ0) is 16.8. The van der Waals surface area contributed by atoms with Gasteiger partial charge in [-0.2, -0.15) is 10.5 Å². The minimum atomic E-state index is 0.0922. The molecule has 0 atom stereocenters. The first-order valence-electron chi connectivity index (χ1n) is 6.86. The molecule has 0 unspecified atom stereocenters. The van der Waals surface area contributed by atoms with Crippen LogP contribution in [-0.2, 0) is 0 Å². The van der Waals surface area contributed by atoms with Gasteiger partial charge in [-0.3, -0.25) is 0 Å². The van der Waals surface area contributed by atoms with Crippen molar-refractivity contribution in [2.75, 3.05) is 6.61 Å². The zero-order valence-corrected chi connectivity index (χ0v) is 14.5. The maximum Gasteiger partial charge on any atom is 0.171 e. The van der Waals surface area contributed by atoms with Gasteiger partial charge in [-0.15, -0.1) is 0 Å². The number of nitriles is 2. The summed E-state index contributed by atoms with van der Waals surface area (Å²) in [6.07, 6.45) is 1.71. The van der Waals surface area contributed by atoms with Gasteiger partial charge in [0.1, 0.15) is 0 Å². The number of ether oxygens (including phenoxy) is 1. The highest BCUT2D eigenvalue weighted by atomic mass is 127. The molecule has 2 aromatic rings. The fraction of sp³-hybridized carbons (Fsp3) is 0.111. The fourth-order valence-electron chi connectivity index (χ4n) is 2.05. The summed E-state index contributed by atoms with van der Waals surface area (Å²) in [7, 11) is 0. The summed E-state index contributed by atoms with van der Waals surface area (Å²) in [6.45, 7) is 2.27. The standard InChI is InChI=1S/C18H13IN2O2/c1-2-23-17-9-13(8-16(19)18(17)22)7-15(11-21)14-5-3-4-12(6-14)10-20/h3-9,22H,2H2,1H3. The van der Waals surface area contributed by atoms with Crippen LogP contribution in [-0.4, -0.2) is 11.7 Å². The molecule has 23 heavy (non-hydrogen) atoms. The summed E-state index contributed by atoms with van der Waals surface area (Å²) in [5, 5.41) is 28.4. The first kappa shape index (κ1) is 16.9. The van der Waals surface area contributed by atoms with E-state index in [1.54, 1.807) is 42.5 Å². The first-order chi connectivity index (χ1) is 11.1. The Morgan fingerprint density at radius 1 is 1.30 bits per heavy atom. The normalized spacial score (nSPS) is 10.7. The van der Waals surface area contributed by atoms with Crippen molar-refractivity contribution in [3.8, 4) is 23.6 Å². The lowest BCUT2D eigenvalue weighted by Crippen LogP contribution is -1.94. The van der Waals surface area contributed by atoms with Crippen molar-refractivity contribution in [3.05, 3.63) is 56.7 Å². The van der Waals surface area contributed by atoms with E-state index in [4.69, 9.17) is 10.00 Å². The van der Waals surface area contributed by atoms with Gasteiger partial charge in [-0.25, -0.2) is 0 Å². The predicted octanol–water partition coefficient (Wildman–Crippen LogP) is 4.33. The van der Waals surface area contributed by atoms with Crippen LogP contribution in [0, 0.1) is 26.2 Å². The van der Waals surface area contributed by atoms with Crippen LogP contribution in [0.5, 0.6) is 11.5 Å². The molecule has 0 heterocycles. The Kier molecular flexibility index (Phi) is 5.61. The maximum absolute atomic E-state index is 9.98. The lowest BCUT2D eigenvalue weighted by atomic mass is 10.0. The van der Waals surface area contributed by atoms with Crippen LogP contribution in [0.3, 0.4) is 0 Å². The number of phenolic OH excluding ortho intramolecular Hbond substituents is 1. The fourth-order valence-corrected chi connectivity index (χ4v) is 2.67. The molecule has 0 spiro atoms. The van der Waals surface area contributed by atoms with Gasteiger partial charge in [0.25, 0.3) is 0 Å². The molecule has 114 valence electrons. The van der Waals surface area contributed by atoms with Crippen LogP contribution in [0.4, 0.5) is 0 Å². The molecule has 0 saturated heterocycles. The van der Waals surface area contributed by atoms with Crippen molar-refractivity contribution in [2.24, 2.45) is 0 Å². The molecular formula is C18H13IN2O2. The van der Waals surface area contributed by atoms with Crippen molar-refractivity contribution in [3.63, 3.8) is 0 Å². The highest BCUT2D eigenvalue weighted by Gasteiger charge is 2.09. The summed E-state index contributed by atoms with van der Waals surface area (Å²) >= 11 is 2.01. The van der Waals surface area contributed by atoms with Gasteiger partial charge in [0.2, 0.25) is 0 Å². The lowest BCUT2D eigenvalue weighted by Gasteiger charge is -2.09. The van der Waals surface area contributed by atoms with Crippen molar-refractivity contribution < 1.29 is 9.84 Å². The molecule has 0 radical (unpaired) electrons. The predicted molar refractivity (Wildman–Crippen MR) is 96.6 cm³/mol. The van der Waals surface area contributed by atoms with Gasteiger partial charge in [-0.1, -0.05) is 12.1 Å². The number of aromatic hydroxyl groups is 1. The smallest absolute Gasteiger partial charge is 0.171 e. The molecule has 0 saturated carbocycles. The number of phenols is 1. The molecular weight excluding hydrogens is 403 g/mol. The quantitative estimate of drug-likeness (QED) is 0.457. The molecule has 2 rings (SSSR count). The monoisotopic (exact) mass is 416 g/mol. The van der Waals surface area contributed by atoms with Gasteiger partial charge in [0, 0.05) is 0 Å². The van der Waals surface area contributed by atoms with Crippen LogP contribution in [0.2, 0.25) is 0 Å². The van der Waals surface area contributed by atoms with Crippen LogP contribution in [0.1, 0.15) is 23.6 Å². The molecule has 4 nitrogen and oxygen atoms in total. The van der Waals surface area contributed by atoms with Gasteiger partial charge in [0.15, 0.2) is 11.5 Å². The van der Waals surface area contributed by atoms with E-state index < -0.39 is 0 Å². The number of hydrogen-bond acceptors (Lipinski definition) is 4. The highest BCUT2D eigenvalue weighted by Crippen LogP contribution is 2.34. The third kappa shape index (κ3) is 4.02. The molecule has 2 aromatic carbocycles. The van der Waals surface area contributed by atoms with E-state index in [0.29, 0.717) is 32.6 Å². The minimum Gasteiger partial charge on any atom is -0.504 e. The largest absolute Gasteiger partial charge is 0.504 e. The topological polar surface area (TPSA) is 77.0 Å². The summed E-state index contributed by atoms with van der Waals surface area (Å²) in [5.41, 5.74) is 2.35. The Morgan fingerprint density at radius 3 is 2.74 bits per heavy atom. The third-order valence-corrected chi connectivity index (χ3v) is 3.91. The minimum absolute atomic E-state index is 0.0922. The first-order valence-corrected chi connectivity index (χ1v) is 7.94. The summed E-state index contributed by atoms with van der Waals surface area (Å²) < 4.78 is 6.05. The molecule has 0 fully saturated rings. The van der Waals surface area contributed by atoms with E-state index in [2.05, 4.69) is 12.1 Å². The number of nitrogens with zero attached hydrogens (tertiary/aromatic N) is 2. The Balaban J connectivity index is 2.50. The van der Waals surface area contributed by atoms with Crippen LogP contribution in [0.15, 0.2) is 36.4 Å². The summed E-state index contributed by atoms with van der Waals surface area (Å²) in [5.74, 6) is 0.475. The van der Waals surface area contributed by atoms with Gasteiger partial charge in [0.05, 0.1) is 33.5 Å². The van der Waals surface area contributed by atoms with E-state index in [1.165, 1.54) is 0 Å². The van der Waals surface area contributed by atoms with Gasteiger partial charge < -0.3 is 9.84 Å². The zero-order valence-electron chi connectivity index (χ0n) is 12.4. The Hall–Kier alpha value is -2.51. The van der Waals surface area contributed by atoms with Gasteiger partial charge in [-0.05, 0) is 71.0 Å². The third-order valence-electron chi connectivity index (χ3n) is 3.08. The lowest BCUT2D eigenvalue weighted by molar-refractivity contribution is 0.317. The number of halogens is 1.